The van der Waals surface area contributed by atoms with Crippen LogP contribution in [-0.4, -0.2) is 225 Å². The lowest BCUT2D eigenvalue weighted by atomic mass is 9.87. The Morgan fingerprint density at radius 2 is 1.30 bits per heavy atom. The fourth-order valence-electron chi connectivity index (χ4n) is 6.26. The van der Waals surface area contributed by atoms with E-state index >= 15 is 0 Å². The number of carboxylic acid groups (broad SMARTS) is 2. The van der Waals surface area contributed by atoms with Crippen molar-refractivity contribution in [3.63, 3.8) is 0 Å². The van der Waals surface area contributed by atoms with Gasteiger partial charge in [-0.05, 0) is 0 Å². The zero-order valence-electron chi connectivity index (χ0n) is 27.8. The predicted octanol–water partition coefficient (Wildman–Crippen LogP) is -9.90. The van der Waals surface area contributed by atoms with Crippen molar-refractivity contribution in [3.05, 3.63) is 0 Å². The van der Waals surface area contributed by atoms with Gasteiger partial charge < -0.3 is 106 Å². The second-order valence-corrected chi connectivity index (χ2v) is 12.7. The van der Waals surface area contributed by atoms with Crippen LogP contribution in [0.2, 0.25) is 0 Å². The molecule has 0 saturated carbocycles. The molecule has 3 aliphatic heterocycles. The third-order valence-corrected chi connectivity index (χ3v) is 8.96. The van der Waals surface area contributed by atoms with E-state index in [9.17, 15) is 85.6 Å². The van der Waals surface area contributed by atoms with Crippen LogP contribution < -0.4 is 10.6 Å². The number of carbonyl (C=O) groups excluding carboxylic acids is 2. The van der Waals surface area contributed by atoms with Gasteiger partial charge in [0.2, 0.25) is 11.8 Å². The molecule has 25 heteroatoms. The smallest absolute Gasteiger partial charge is 0.364 e. The number of ether oxygens (including phenoxy) is 5. The van der Waals surface area contributed by atoms with Crippen molar-refractivity contribution in [3.8, 4) is 0 Å². The maximum atomic E-state index is 12.7. The van der Waals surface area contributed by atoms with Crippen LogP contribution in [0.4, 0.5) is 0 Å². The number of hydrogen-bond acceptors (Lipinski definition) is 21. The molecule has 0 aromatic carbocycles. The van der Waals surface area contributed by atoms with Crippen LogP contribution in [0.15, 0.2) is 0 Å². The van der Waals surface area contributed by atoms with E-state index in [0.717, 1.165) is 6.92 Å². The lowest BCUT2D eigenvalue weighted by molar-refractivity contribution is -0.371. The van der Waals surface area contributed by atoms with Gasteiger partial charge in [-0.1, -0.05) is 0 Å². The summed E-state index contributed by atoms with van der Waals surface area (Å²) in [6.45, 7) is -3.75. The molecule has 53 heavy (non-hydrogen) atoms. The number of rotatable bonds is 16. The summed E-state index contributed by atoms with van der Waals surface area (Å²) in [6.07, 6.45) is -30.3. The Bertz CT molecular complexity index is 1280. The third-order valence-electron chi connectivity index (χ3n) is 8.96. The van der Waals surface area contributed by atoms with Crippen molar-refractivity contribution in [2.75, 3.05) is 26.4 Å². The molecule has 1 unspecified atom stereocenters. The Morgan fingerprint density at radius 3 is 1.79 bits per heavy atom. The van der Waals surface area contributed by atoms with E-state index < -0.39 is 166 Å². The quantitative estimate of drug-likeness (QED) is 0.0691. The first-order chi connectivity index (χ1) is 24.7. The standard InChI is InChI=1S/C28H46N2O23/c1-8(35)29-15-9(36)3-28(26(47)48,53-23-18(41)12(5-32)49-24(44)20(23)43)52-22(15)19(42)13(6-33)50-27(25(45)46)2-10(37)16(30-14(39)7-34)21(51-27)17(40)11(38)4-31/h9-13,15-24,31-34,36-38,40-44H,2-7H2,1H3,(H,29,35)(H,30,39)(H,45,46)(H,47,48)/t9-,10-,11+,12+,13+,15+,16+,17+,18-,19+,20+,21+,22+,23-,24?,27+,28-/m0/s1. The predicted molar refractivity (Wildman–Crippen MR) is 160 cm³/mol. The van der Waals surface area contributed by atoms with Crippen LogP contribution >= 0.6 is 0 Å². The minimum Gasteiger partial charge on any atom is -0.477 e. The average molecular weight is 779 g/mol. The van der Waals surface area contributed by atoms with E-state index in [4.69, 9.17) is 28.8 Å². The highest BCUT2D eigenvalue weighted by Gasteiger charge is 2.61. The fraction of sp³-hybridized carbons (Fsp3) is 0.857. The zero-order chi connectivity index (χ0) is 40.2. The van der Waals surface area contributed by atoms with Crippen LogP contribution in [-0.2, 0) is 42.9 Å². The number of nitrogens with one attached hydrogen (secondary N) is 2. The summed E-state index contributed by atoms with van der Waals surface area (Å²) in [5, 5.41) is 149. The molecule has 0 aliphatic carbocycles. The van der Waals surface area contributed by atoms with E-state index in [-0.39, 0.29) is 0 Å². The summed E-state index contributed by atoms with van der Waals surface area (Å²) < 4.78 is 26.8. The Kier molecular flexibility index (Phi) is 15.3. The number of aliphatic hydroxyl groups excluding tert-OH is 12. The monoisotopic (exact) mass is 778 g/mol. The van der Waals surface area contributed by atoms with Gasteiger partial charge in [0.1, 0.15) is 67.6 Å². The van der Waals surface area contributed by atoms with E-state index in [2.05, 4.69) is 5.32 Å². The summed E-state index contributed by atoms with van der Waals surface area (Å²) in [7, 11) is 0. The molecule has 0 aromatic heterocycles. The number of amides is 2. The van der Waals surface area contributed by atoms with Crippen LogP contribution in [0.25, 0.3) is 0 Å². The highest BCUT2D eigenvalue weighted by atomic mass is 16.8. The van der Waals surface area contributed by atoms with Crippen molar-refractivity contribution >= 4 is 23.8 Å². The highest BCUT2D eigenvalue weighted by molar-refractivity contribution is 5.78. The van der Waals surface area contributed by atoms with Crippen LogP contribution in [0.3, 0.4) is 0 Å². The molecular weight excluding hydrogens is 732 g/mol. The molecule has 2 amide bonds. The molecule has 25 nitrogen and oxygen atoms in total. The summed E-state index contributed by atoms with van der Waals surface area (Å²) in [5.41, 5.74) is 0. The number of aliphatic hydroxyl groups is 12. The first kappa shape index (κ1) is 44.6. The van der Waals surface area contributed by atoms with Gasteiger partial charge in [0.05, 0.1) is 44.1 Å². The SMILES string of the molecule is CC(=O)N[C@H]1[C@H]([C@H](O)[C@@H](CO)O[C@]2(C(=O)O)C[C@H](O)[C@@H](NC(=O)CO)[C@H]([C@H](O)[C@H](O)CO)O2)O[C@@](O[C@H]2[C@@H](O)[C@@H](CO)OC(O)[C@@H]2O)(C(=O)O)C[C@@H]1O. The lowest BCUT2D eigenvalue weighted by Crippen LogP contribution is -2.71. The summed E-state index contributed by atoms with van der Waals surface area (Å²) in [5.74, 6) is -12.7. The summed E-state index contributed by atoms with van der Waals surface area (Å²) in [6, 6.07) is -3.60. The molecule has 3 fully saturated rings. The molecule has 0 spiro atoms. The van der Waals surface area contributed by atoms with Crippen molar-refractivity contribution in [2.24, 2.45) is 0 Å². The fourth-order valence-corrected chi connectivity index (χ4v) is 6.26. The van der Waals surface area contributed by atoms with Gasteiger partial charge in [-0.2, -0.15) is 0 Å². The van der Waals surface area contributed by atoms with Crippen LogP contribution in [0, 0.1) is 0 Å². The molecular formula is C28H46N2O23. The van der Waals surface area contributed by atoms with Crippen molar-refractivity contribution in [1.82, 2.24) is 10.6 Å². The molecule has 0 aromatic rings. The maximum absolute atomic E-state index is 12.7. The molecule has 3 aliphatic rings. The van der Waals surface area contributed by atoms with E-state index in [1.807, 2.05) is 5.32 Å². The van der Waals surface area contributed by atoms with Gasteiger partial charge in [0.25, 0.3) is 11.6 Å². The Hall–Kier alpha value is -2.80. The Morgan fingerprint density at radius 1 is 0.774 bits per heavy atom. The Balaban J connectivity index is 2.05. The molecule has 3 saturated heterocycles. The van der Waals surface area contributed by atoms with Crippen molar-refractivity contribution in [2.45, 2.75) is 123 Å². The number of carboxylic acids is 2. The molecule has 3 rings (SSSR count). The highest BCUT2D eigenvalue weighted by Crippen LogP contribution is 2.39. The van der Waals surface area contributed by atoms with Crippen LogP contribution in [0.1, 0.15) is 19.8 Å². The summed E-state index contributed by atoms with van der Waals surface area (Å²) in [4.78, 5) is 49.5. The van der Waals surface area contributed by atoms with E-state index in [1.165, 1.54) is 0 Å². The molecule has 17 atom stereocenters. The van der Waals surface area contributed by atoms with Gasteiger partial charge >= 0.3 is 11.9 Å². The van der Waals surface area contributed by atoms with E-state index in [0.29, 0.717) is 0 Å². The third kappa shape index (κ3) is 9.54. The maximum Gasteiger partial charge on any atom is 0.364 e. The first-order valence-corrected chi connectivity index (χ1v) is 16.0. The van der Waals surface area contributed by atoms with Gasteiger partial charge in [0, 0.05) is 19.8 Å². The molecule has 16 N–H and O–H groups in total. The number of aliphatic carboxylic acids is 2. The van der Waals surface area contributed by atoms with Gasteiger partial charge in [0.15, 0.2) is 6.29 Å². The zero-order valence-corrected chi connectivity index (χ0v) is 27.8. The van der Waals surface area contributed by atoms with Crippen molar-refractivity contribution in [1.29, 1.82) is 0 Å². The second-order valence-electron chi connectivity index (χ2n) is 12.7. The lowest BCUT2D eigenvalue weighted by Gasteiger charge is -2.50. The minimum absolute atomic E-state index is 0.903. The van der Waals surface area contributed by atoms with E-state index in [1.54, 1.807) is 0 Å². The topological polar surface area (TPSA) is 422 Å². The normalized spacial score (nSPS) is 40.0. The number of carbonyl (C=O) groups is 4. The van der Waals surface area contributed by atoms with Gasteiger partial charge in [-0.25, -0.2) is 9.59 Å². The number of hydrogen-bond donors (Lipinski definition) is 16. The largest absolute Gasteiger partial charge is 0.477 e. The van der Waals surface area contributed by atoms with Gasteiger partial charge in [-0.3, -0.25) is 9.59 Å². The Labute approximate surface area is 298 Å². The van der Waals surface area contributed by atoms with Crippen LogP contribution in [0.5, 0.6) is 0 Å². The van der Waals surface area contributed by atoms with Gasteiger partial charge in [-0.15, -0.1) is 0 Å². The molecule has 0 radical (unpaired) electrons. The second kappa shape index (κ2) is 18.2. The molecule has 0 bridgehead atoms. The first-order valence-electron chi connectivity index (χ1n) is 16.0. The molecule has 306 valence electrons. The average Bonchev–Trinajstić information content (AvgIpc) is 3.11. The van der Waals surface area contributed by atoms with Crippen molar-refractivity contribution < 1.29 is 114 Å². The minimum atomic E-state index is -3.22. The molecule has 3 heterocycles. The summed E-state index contributed by atoms with van der Waals surface area (Å²) >= 11 is 0.